The summed E-state index contributed by atoms with van der Waals surface area (Å²) in [6, 6.07) is 0.877. The average molecular weight is 363 g/mol. The van der Waals surface area contributed by atoms with Crippen molar-refractivity contribution in [3.8, 4) is 0 Å². The number of alkyl halides is 5. The number of hydrogen-bond acceptors (Lipinski definition) is 2. The Morgan fingerprint density at radius 2 is 1.74 bits per heavy atom. The van der Waals surface area contributed by atoms with Crippen LogP contribution in [0.15, 0.2) is 18.2 Å². The van der Waals surface area contributed by atoms with Crippen LogP contribution < -0.4 is 5.32 Å². The van der Waals surface area contributed by atoms with Crippen LogP contribution in [0.3, 0.4) is 0 Å². The van der Waals surface area contributed by atoms with E-state index in [2.05, 4.69) is 5.32 Å². The summed E-state index contributed by atoms with van der Waals surface area (Å²) in [5.74, 6) is -0.864. The van der Waals surface area contributed by atoms with E-state index in [-0.39, 0.29) is 12.4 Å². The normalized spacial score (nSPS) is 17.9. The van der Waals surface area contributed by atoms with E-state index in [4.69, 9.17) is 0 Å². The molecule has 1 heterocycles. The van der Waals surface area contributed by atoms with Crippen molar-refractivity contribution >= 4 is 12.4 Å². The third-order valence-electron chi connectivity index (χ3n) is 3.67. The smallest absolute Gasteiger partial charge is 0.314 e. The number of nitrogens with one attached hydrogen (secondary N) is 1. The van der Waals surface area contributed by atoms with Crippen LogP contribution in [0.1, 0.15) is 23.6 Å². The van der Waals surface area contributed by atoms with Gasteiger partial charge in [0.05, 0.1) is 5.56 Å². The Morgan fingerprint density at radius 1 is 1.13 bits per heavy atom. The highest BCUT2D eigenvalue weighted by Gasteiger charge is 2.37. The van der Waals surface area contributed by atoms with Crippen molar-refractivity contribution in [2.75, 3.05) is 26.2 Å². The predicted molar refractivity (Wildman–Crippen MR) is 76.5 cm³/mol. The Morgan fingerprint density at radius 3 is 2.26 bits per heavy atom. The summed E-state index contributed by atoms with van der Waals surface area (Å²) in [5, 5.41) is 3.01. The first-order valence-electron chi connectivity index (χ1n) is 6.88. The van der Waals surface area contributed by atoms with Gasteiger partial charge in [0.25, 0.3) is 0 Å². The first-order valence-corrected chi connectivity index (χ1v) is 6.88. The van der Waals surface area contributed by atoms with E-state index >= 15 is 0 Å². The highest BCUT2D eigenvalue weighted by Crippen LogP contribution is 2.38. The SMILES string of the molecule is Cl.Fc1ccc(C(F)(F)F)c([C@@H](CC(F)F)N2CCNCC2)c1. The standard InChI is InChI=1S/C14H16F6N2.ClH/c15-9-1-2-11(14(18,19)20)10(7-9)12(8-13(16)17)22-5-3-21-4-6-22;/h1-2,7,12-13,21H,3-6,8H2;1H/t12-;/m1./s1. The van der Waals surface area contributed by atoms with Crippen molar-refractivity contribution in [1.29, 1.82) is 0 Å². The third-order valence-corrected chi connectivity index (χ3v) is 3.67. The molecule has 0 bridgehead atoms. The first kappa shape index (κ1) is 20.1. The third kappa shape index (κ3) is 5.26. The summed E-state index contributed by atoms with van der Waals surface area (Å²) in [6.07, 6.45) is -8.24. The van der Waals surface area contributed by atoms with E-state index in [9.17, 15) is 26.3 Å². The topological polar surface area (TPSA) is 15.3 Å². The van der Waals surface area contributed by atoms with Crippen molar-refractivity contribution in [3.05, 3.63) is 35.1 Å². The van der Waals surface area contributed by atoms with Gasteiger partial charge >= 0.3 is 6.18 Å². The Hall–Kier alpha value is -0.990. The van der Waals surface area contributed by atoms with E-state index in [0.29, 0.717) is 38.3 Å². The molecule has 1 N–H and O–H groups in total. The van der Waals surface area contributed by atoms with E-state index in [0.717, 1.165) is 6.07 Å². The monoisotopic (exact) mass is 362 g/mol. The fourth-order valence-electron chi connectivity index (χ4n) is 2.70. The molecule has 0 saturated carbocycles. The second-order valence-corrected chi connectivity index (χ2v) is 5.16. The molecule has 2 nitrogen and oxygen atoms in total. The molecule has 9 heteroatoms. The second kappa shape index (κ2) is 8.21. The summed E-state index contributed by atoms with van der Waals surface area (Å²) in [7, 11) is 0. The first-order chi connectivity index (χ1) is 10.3. The largest absolute Gasteiger partial charge is 0.416 e. The molecule has 2 rings (SSSR count). The molecule has 1 aromatic rings. The van der Waals surface area contributed by atoms with Gasteiger partial charge in [0.15, 0.2) is 0 Å². The maximum absolute atomic E-state index is 13.4. The van der Waals surface area contributed by atoms with Gasteiger partial charge in [-0.2, -0.15) is 13.2 Å². The molecule has 1 aliphatic rings. The summed E-state index contributed by atoms with van der Waals surface area (Å²) < 4.78 is 78.4. The molecular weight excluding hydrogens is 346 g/mol. The molecule has 1 aromatic carbocycles. The summed E-state index contributed by atoms with van der Waals surface area (Å²) in [4.78, 5) is 1.55. The maximum atomic E-state index is 13.4. The quantitative estimate of drug-likeness (QED) is 0.818. The lowest BCUT2D eigenvalue weighted by atomic mass is 9.95. The summed E-state index contributed by atoms with van der Waals surface area (Å²) in [5.41, 5.74) is -1.48. The summed E-state index contributed by atoms with van der Waals surface area (Å²) >= 11 is 0. The minimum Gasteiger partial charge on any atom is -0.314 e. The van der Waals surface area contributed by atoms with Crippen LogP contribution in [0.2, 0.25) is 0 Å². The molecule has 0 spiro atoms. The molecule has 0 unspecified atom stereocenters. The average Bonchev–Trinajstić information content (AvgIpc) is 2.44. The highest BCUT2D eigenvalue weighted by molar-refractivity contribution is 5.85. The van der Waals surface area contributed by atoms with Gasteiger partial charge in [-0.05, 0) is 23.8 Å². The molecule has 132 valence electrons. The van der Waals surface area contributed by atoms with Gasteiger partial charge in [-0.25, -0.2) is 13.2 Å². The fraction of sp³-hybridized carbons (Fsp3) is 0.571. The molecule has 0 aromatic heterocycles. The van der Waals surface area contributed by atoms with Gasteiger partial charge in [-0.15, -0.1) is 12.4 Å². The van der Waals surface area contributed by atoms with Crippen LogP contribution in [0.25, 0.3) is 0 Å². The van der Waals surface area contributed by atoms with E-state index in [1.165, 1.54) is 0 Å². The number of benzene rings is 1. The fourth-order valence-corrected chi connectivity index (χ4v) is 2.70. The number of halogens is 7. The van der Waals surface area contributed by atoms with Crippen molar-refractivity contribution in [2.24, 2.45) is 0 Å². The van der Waals surface area contributed by atoms with Crippen molar-refractivity contribution in [3.63, 3.8) is 0 Å². The molecule has 0 aliphatic carbocycles. The molecule has 23 heavy (non-hydrogen) atoms. The van der Waals surface area contributed by atoms with Gasteiger partial charge in [0.2, 0.25) is 6.43 Å². The lowest BCUT2D eigenvalue weighted by molar-refractivity contribution is -0.139. The minimum atomic E-state index is -4.71. The van der Waals surface area contributed by atoms with Gasteiger partial charge in [0, 0.05) is 38.6 Å². The van der Waals surface area contributed by atoms with Gasteiger partial charge < -0.3 is 5.32 Å². The number of rotatable bonds is 4. The van der Waals surface area contributed by atoms with Gasteiger partial charge in [-0.1, -0.05) is 0 Å². The van der Waals surface area contributed by atoms with Crippen LogP contribution in [0.5, 0.6) is 0 Å². The van der Waals surface area contributed by atoms with E-state index < -0.39 is 42.0 Å². The zero-order valence-electron chi connectivity index (χ0n) is 12.0. The van der Waals surface area contributed by atoms with Crippen LogP contribution in [-0.2, 0) is 6.18 Å². The second-order valence-electron chi connectivity index (χ2n) is 5.16. The molecule has 1 atom stereocenters. The Bertz CT molecular complexity index is 503. The zero-order valence-corrected chi connectivity index (χ0v) is 12.9. The van der Waals surface area contributed by atoms with Crippen LogP contribution in [-0.4, -0.2) is 37.5 Å². The molecule has 1 aliphatic heterocycles. The molecule has 0 amide bonds. The van der Waals surface area contributed by atoms with Crippen LogP contribution in [0, 0.1) is 5.82 Å². The van der Waals surface area contributed by atoms with Crippen molar-refractivity contribution in [1.82, 2.24) is 10.2 Å². The van der Waals surface area contributed by atoms with Crippen molar-refractivity contribution in [2.45, 2.75) is 25.1 Å². The maximum Gasteiger partial charge on any atom is 0.416 e. The molecular formula is C14H17ClF6N2. The molecule has 0 radical (unpaired) electrons. The summed E-state index contributed by atoms with van der Waals surface area (Å²) in [6.45, 7) is 1.67. The van der Waals surface area contributed by atoms with E-state index in [1.54, 1.807) is 4.90 Å². The molecule has 1 fully saturated rings. The predicted octanol–water partition coefficient (Wildman–Crippen LogP) is 3.87. The zero-order chi connectivity index (χ0) is 16.3. The van der Waals surface area contributed by atoms with Gasteiger partial charge in [0.1, 0.15) is 5.82 Å². The lowest BCUT2D eigenvalue weighted by Gasteiger charge is -2.36. The van der Waals surface area contributed by atoms with Crippen LogP contribution in [0.4, 0.5) is 26.3 Å². The Kier molecular flexibility index (Phi) is 7.16. The lowest BCUT2D eigenvalue weighted by Crippen LogP contribution is -2.46. The number of piperazine rings is 1. The van der Waals surface area contributed by atoms with Crippen LogP contribution >= 0.6 is 12.4 Å². The van der Waals surface area contributed by atoms with E-state index in [1.807, 2.05) is 0 Å². The minimum absolute atomic E-state index is 0. The molecule has 1 saturated heterocycles. The van der Waals surface area contributed by atoms with Gasteiger partial charge in [-0.3, -0.25) is 4.90 Å². The number of hydrogen-bond donors (Lipinski definition) is 1. The highest BCUT2D eigenvalue weighted by atomic mass is 35.5. The Balaban J connectivity index is 0.00000264. The van der Waals surface area contributed by atoms with Crippen molar-refractivity contribution < 1.29 is 26.3 Å². The number of nitrogens with zero attached hydrogens (tertiary/aromatic N) is 1. The Labute approximate surface area is 136 Å².